The lowest BCUT2D eigenvalue weighted by molar-refractivity contribution is 0.254. The summed E-state index contributed by atoms with van der Waals surface area (Å²) in [5.74, 6) is 0.569. The summed E-state index contributed by atoms with van der Waals surface area (Å²) in [5, 5.41) is 3.42. The Morgan fingerprint density at radius 3 is 3.00 bits per heavy atom. The van der Waals surface area contributed by atoms with E-state index in [1.807, 2.05) is 19.1 Å². The summed E-state index contributed by atoms with van der Waals surface area (Å²) in [6, 6.07) is 5.74. The number of nitrogens with one attached hydrogen (secondary N) is 1. The fourth-order valence-corrected chi connectivity index (χ4v) is 3.09. The summed E-state index contributed by atoms with van der Waals surface area (Å²) < 4.78 is 13.7. The number of nitrogens with zero attached hydrogens (tertiary/aromatic N) is 1. The van der Waals surface area contributed by atoms with Crippen molar-refractivity contribution in [2.75, 3.05) is 25.0 Å². The van der Waals surface area contributed by atoms with Crippen LogP contribution in [0.15, 0.2) is 18.2 Å². The van der Waals surface area contributed by atoms with Gasteiger partial charge in [-0.2, -0.15) is 0 Å². The van der Waals surface area contributed by atoms with E-state index in [9.17, 15) is 4.39 Å². The van der Waals surface area contributed by atoms with Crippen molar-refractivity contribution in [3.05, 3.63) is 29.6 Å². The Kier molecular flexibility index (Phi) is 2.79. The zero-order chi connectivity index (χ0) is 11.8. The van der Waals surface area contributed by atoms with Crippen molar-refractivity contribution >= 4 is 5.69 Å². The number of rotatable bonds is 2. The van der Waals surface area contributed by atoms with Gasteiger partial charge < -0.3 is 10.2 Å². The minimum atomic E-state index is -0.129. The first-order valence-electron chi connectivity index (χ1n) is 6.47. The average molecular weight is 234 g/mol. The molecule has 2 fully saturated rings. The van der Waals surface area contributed by atoms with E-state index < -0.39 is 0 Å². The van der Waals surface area contributed by atoms with Gasteiger partial charge in [-0.05, 0) is 49.9 Å². The van der Waals surface area contributed by atoms with Crippen molar-refractivity contribution in [1.29, 1.82) is 0 Å². The predicted molar refractivity (Wildman–Crippen MR) is 67.7 cm³/mol. The van der Waals surface area contributed by atoms with E-state index in [4.69, 9.17) is 0 Å². The normalized spacial score (nSPS) is 31.5. The van der Waals surface area contributed by atoms with Crippen LogP contribution in [0.2, 0.25) is 0 Å². The van der Waals surface area contributed by atoms with Gasteiger partial charge in [0.15, 0.2) is 0 Å². The molecule has 1 aromatic rings. The van der Waals surface area contributed by atoms with E-state index in [1.54, 1.807) is 6.07 Å². The molecule has 2 saturated heterocycles. The molecule has 0 spiro atoms. The first-order chi connectivity index (χ1) is 8.22. The molecule has 2 heterocycles. The van der Waals surface area contributed by atoms with Crippen LogP contribution in [0.3, 0.4) is 0 Å². The maximum atomic E-state index is 13.7. The Morgan fingerprint density at radius 2 is 2.12 bits per heavy atom. The van der Waals surface area contributed by atoms with Crippen molar-refractivity contribution in [3.63, 3.8) is 0 Å². The fraction of sp³-hybridized carbons (Fsp3) is 0.571. The number of fused-ring (bicyclic) bond motifs is 2. The molecule has 1 N–H and O–H groups in total. The van der Waals surface area contributed by atoms with E-state index in [1.165, 1.54) is 19.5 Å². The lowest BCUT2D eigenvalue weighted by atomic mass is 9.94. The van der Waals surface area contributed by atoms with Gasteiger partial charge in [-0.15, -0.1) is 0 Å². The molecular weight excluding hydrogens is 215 g/mol. The van der Waals surface area contributed by atoms with E-state index in [-0.39, 0.29) is 5.82 Å². The Hall–Kier alpha value is -1.09. The molecule has 3 unspecified atom stereocenters. The molecule has 0 aliphatic carbocycles. The van der Waals surface area contributed by atoms with Gasteiger partial charge in [-0.25, -0.2) is 4.39 Å². The Bertz CT molecular complexity index is 419. The van der Waals surface area contributed by atoms with E-state index in [0.29, 0.717) is 17.6 Å². The summed E-state index contributed by atoms with van der Waals surface area (Å²) in [6.45, 7) is 5.56. The second kappa shape index (κ2) is 4.30. The summed E-state index contributed by atoms with van der Waals surface area (Å²) >= 11 is 0. The van der Waals surface area contributed by atoms with Crippen LogP contribution in [0.4, 0.5) is 10.1 Å². The van der Waals surface area contributed by atoms with Gasteiger partial charge in [0, 0.05) is 19.1 Å². The van der Waals surface area contributed by atoms with Crippen LogP contribution in [0.1, 0.15) is 18.4 Å². The molecule has 3 rings (SSSR count). The van der Waals surface area contributed by atoms with Crippen molar-refractivity contribution < 1.29 is 4.39 Å². The molecule has 0 saturated carbocycles. The number of benzene rings is 1. The van der Waals surface area contributed by atoms with Crippen molar-refractivity contribution in [1.82, 2.24) is 4.90 Å². The first kappa shape index (κ1) is 11.0. The minimum absolute atomic E-state index is 0.129. The van der Waals surface area contributed by atoms with E-state index in [0.717, 1.165) is 18.5 Å². The fourth-order valence-electron chi connectivity index (χ4n) is 3.09. The number of hydrogen-bond acceptors (Lipinski definition) is 2. The second-order valence-corrected chi connectivity index (χ2v) is 5.37. The van der Waals surface area contributed by atoms with Gasteiger partial charge >= 0.3 is 0 Å². The van der Waals surface area contributed by atoms with Gasteiger partial charge in [0.1, 0.15) is 5.82 Å². The molecule has 0 radical (unpaired) electrons. The molecule has 0 aromatic heterocycles. The minimum Gasteiger partial charge on any atom is -0.380 e. The van der Waals surface area contributed by atoms with Gasteiger partial charge in [0.2, 0.25) is 0 Å². The van der Waals surface area contributed by atoms with E-state index in [2.05, 4.69) is 10.2 Å². The van der Waals surface area contributed by atoms with Crippen LogP contribution in [-0.2, 0) is 0 Å². The zero-order valence-electron chi connectivity index (χ0n) is 10.2. The van der Waals surface area contributed by atoms with Crippen molar-refractivity contribution in [2.24, 2.45) is 5.92 Å². The molecular formula is C14H19FN2. The first-order valence-corrected chi connectivity index (χ1v) is 6.47. The largest absolute Gasteiger partial charge is 0.380 e. The number of halogens is 1. The second-order valence-electron chi connectivity index (χ2n) is 5.37. The number of piperidine rings is 1. The lowest BCUT2D eigenvalue weighted by Crippen LogP contribution is -2.39. The third-order valence-corrected chi connectivity index (χ3v) is 4.10. The van der Waals surface area contributed by atoms with Crippen LogP contribution < -0.4 is 5.32 Å². The third-order valence-electron chi connectivity index (χ3n) is 4.10. The van der Waals surface area contributed by atoms with Crippen LogP contribution in [0.25, 0.3) is 0 Å². The maximum absolute atomic E-state index is 13.7. The lowest BCUT2D eigenvalue weighted by Gasteiger charge is -2.31. The van der Waals surface area contributed by atoms with Gasteiger partial charge in [0.05, 0.1) is 5.69 Å². The zero-order valence-corrected chi connectivity index (χ0v) is 10.2. The standard InChI is InChI=1S/C14H19FN2/c1-10-2-3-12(15)14(8-10)16-13-5-7-17-6-4-11(13)9-17/h2-3,8,11,13,16H,4-7,9H2,1H3. The molecule has 92 valence electrons. The average Bonchev–Trinajstić information content (AvgIpc) is 2.70. The highest BCUT2D eigenvalue weighted by molar-refractivity contribution is 5.48. The molecule has 1 aromatic carbocycles. The van der Waals surface area contributed by atoms with Crippen LogP contribution >= 0.6 is 0 Å². The molecule has 3 heteroatoms. The molecule has 2 nitrogen and oxygen atoms in total. The quantitative estimate of drug-likeness (QED) is 0.846. The smallest absolute Gasteiger partial charge is 0.146 e. The van der Waals surface area contributed by atoms with Gasteiger partial charge in [-0.3, -0.25) is 0 Å². The number of aryl methyl sites for hydroxylation is 1. The summed E-state index contributed by atoms with van der Waals surface area (Å²) in [4.78, 5) is 2.51. The SMILES string of the molecule is Cc1ccc(F)c(NC2CCN3CCC2C3)c1. The Morgan fingerprint density at radius 1 is 1.29 bits per heavy atom. The molecule has 2 aliphatic heterocycles. The highest BCUT2D eigenvalue weighted by Crippen LogP contribution is 2.30. The molecule has 17 heavy (non-hydrogen) atoms. The van der Waals surface area contributed by atoms with Crippen LogP contribution in [0.5, 0.6) is 0 Å². The summed E-state index contributed by atoms with van der Waals surface area (Å²) in [6.07, 6.45) is 2.39. The molecule has 2 aliphatic rings. The van der Waals surface area contributed by atoms with Crippen molar-refractivity contribution in [2.45, 2.75) is 25.8 Å². The third kappa shape index (κ3) is 2.16. The van der Waals surface area contributed by atoms with Crippen LogP contribution in [-0.4, -0.2) is 30.6 Å². The van der Waals surface area contributed by atoms with Gasteiger partial charge in [-0.1, -0.05) is 6.07 Å². The maximum Gasteiger partial charge on any atom is 0.146 e. The summed E-state index contributed by atoms with van der Waals surface area (Å²) in [5.41, 5.74) is 1.79. The summed E-state index contributed by atoms with van der Waals surface area (Å²) in [7, 11) is 0. The predicted octanol–water partition coefficient (Wildman–Crippen LogP) is 2.64. The number of anilines is 1. The molecule has 2 bridgehead atoms. The number of hydrogen-bond donors (Lipinski definition) is 1. The van der Waals surface area contributed by atoms with Crippen molar-refractivity contribution in [3.8, 4) is 0 Å². The monoisotopic (exact) mass is 234 g/mol. The Balaban J connectivity index is 1.75. The van der Waals surface area contributed by atoms with Crippen LogP contribution in [0, 0.1) is 18.7 Å². The van der Waals surface area contributed by atoms with Gasteiger partial charge in [0.25, 0.3) is 0 Å². The Labute approximate surface area is 102 Å². The highest BCUT2D eigenvalue weighted by Gasteiger charge is 2.34. The topological polar surface area (TPSA) is 15.3 Å². The molecule has 3 atom stereocenters. The van der Waals surface area contributed by atoms with E-state index >= 15 is 0 Å². The molecule has 0 amide bonds. The highest BCUT2D eigenvalue weighted by atomic mass is 19.1.